The van der Waals surface area contributed by atoms with E-state index in [1.54, 1.807) is 6.07 Å². The smallest absolute Gasteiger partial charge is 0.453 e. The highest BCUT2D eigenvalue weighted by Gasteiger charge is 2.39. The summed E-state index contributed by atoms with van der Waals surface area (Å²) in [7, 11) is 0. The molecular formula is C26H19F6N3O5S. The monoisotopic (exact) mass is 599 g/mol. The van der Waals surface area contributed by atoms with Crippen LogP contribution in [0.25, 0.3) is 26.7 Å². The first-order chi connectivity index (χ1) is 19.1. The molecule has 216 valence electrons. The minimum Gasteiger partial charge on any atom is -0.453 e. The maximum absolute atomic E-state index is 13.3. The molecule has 0 saturated heterocycles. The quantitative estimate of drug-likeness (QED) is 0.182. The Hall–Kier alpha value is -4.37. The second-order valence-electron chi connectivity index (χ2n) is 8.56. The number of aryl methyl sites for hydroxylation is 1. The third kappa shape index (κ3) is 6.20. The molecule has 0 aliphatic heterocycles. The van der Waals surface area contributed by atoms with Gasteiger partial charge in [0.05, 0.1) is 17.6 Å². The number of ether oxygens (including phenoxy) is 2. The van der Waals surface area contributed by atoms with Crippen molar-refractivity contribution in [1.82, 2.24) is 9.55 Å². The Bertz CT molecular complexity index is 1770. The zero-order chi connectivity index (χ0) is 30.3. The zero-order valence-corrected chi connectivity index (χ0v) is 21.7. The van der Waals surface area contributed by atoms with Crippen LogP contribution in [0.4, 0.5) is 32.0 Å². The highest BCUT2D eigenvalue weighted by Crippen LogP contribution is 2.43. The SMILES string of the molecule is C=Cc1ccc(Oc2ccc(-c3sc4c(c3C)c(=O)[nH]c(=O)n4C[C@@H](O)C(F)(F)F)cc2OC(F)(F)F)cc1N=C. The van der Waals surface area contributed by atoms with Crippen molar-refractivity contribution in [1.29, 1.82) is 0 Å². The van der Waals surface area contributed by atoms with Crippen molar-refractivity contribution in [3.63, 3.8) is 0 Å². The fourth-order valence-corrected chi connectivity index (χ4v) is 5.26. The van der Waals surface area contributed by atoms with Crippen molar-refractivity contribution in [2.24, 2.45) is 4.99 Å². The molecule has 0 aliphatic carbocycles. The van der Waals surface area contributed by atoms with E-state index in [0.717, 1.165) is 6.07 Å². The van der Waals surface area contributed by atoms with E-state index in [-0.39, 0.29) is 37.7 Å². The van der Waals surface area contributed by atoms with Crippen LogP contribution in [0.15, 0.2) is 57.6 Å². The van der Waals surface area contributed by atoms with Gasteiger partial charge in [0.1, 0.15) is 10.6 Å². The van der Waals surface area contributed by atoms with E-state index in [1.165, 1.54) is 37.3 Å². The molecular weight excluding hydrogens is 580 g/mol. The maximum atomic E-state index is 13.3. The maximum Gasteiger partial charge on any atom is 0.573 e. The third-order valence-electron chi connectivity index (χ3n) is 5.85. The molecule has 1 atom stereocenters. The second-order valence-corrected chi connectivity index (χ2v) is 9.56. The number of aliphatic hydroxyl groups excluding tert-OH is 1. The first kappa shape index (κ1) is 29.6. The Kier molecular flexibility index (Phi) is 7.87. The van der Waals surface area contributed by atoms with Gasteiger partial charge >= 0.3 is 18.2 Å². The van der Waals surface area contributed by atoms with Gasteiger partial charge in [0, 0.05) is 10.9 Å². The summed E-state index contributed by atoms with van der Waals surface area (Å²) in [6, 6.07) is 7.96. The number of benzene rings is 2. The van der Waals surface area contributed by atoms with Crippen LogP contribution in [0.5, 0.6) is 17.2 Å². The van der Waals surface area contributed by atoms with Crippen LogP contribution in [-0.2, 0) is 6.54 Å². The summed E-state index contributed by atoms with van der Waals surface area (Å²) in [5, 5.41) is 9.36. The summed E-state index contributed by atoms with van der Waals surface area (Å²) in [5.74, 6) is -0.990. The molecule has 8 nitrogen and oxygen atoms in total. The number of aliphatic hydroxyl groups is 1. The number of hydrogen-bond donors (Lipinski definition) is 2. The number of nitrogens with one attached hydrogen (secondary N) is 1. The van der Waals surface area contributed by atoms with Crippen LogP contribution in [0.3, 0.4) is 0 Å². The average molecular weight is 600 g/mol. The van der Waals surface area contributed by atoms with Crippen molar-refractivity contribution >= 4 is 40.0 Å². The zero-order valence-electron chi connectivity index (χ0n) is 20.9. The van der Waals surface area contributed by atoms with Crippen molar-refractivity contribution in [3.8, 4) is 27.7 Å². The van der Waals surface area contributed by atoms with Gasteiger partial charge < -0.3 is 14.6 Å². The molecule has 2 aromatic carbocycles. The van der Waals surface area contributed by atoms with Gasteiger partial charge in [-0.1, -0.05) is 12.7 Å². The molecule has 4 rings (SSSR count). The first-order valence-electron chi connectivity index (χ1n) is 11.4. The first-order valence-corrected chi connectivity index (χ1v) is 12.3. The van der Waals surface area contributed by atoms with E-state index >= 15 is 0 Å². The molecule has 0 bridgehead atoms. The Morgan fingerprint density at radius 3 is 2.44 bits per heavy atom. The van der Waals surface area contributed by atoms with Gasteiger partial charge in [-0.15, -0.1) is 24.5 Å². The molecule has 0 amide bonds. The van der Waals surface area contributed by atoms with Crippen LogP contribution in [-0.4, -0.2) is 40.0 Å². The standard InChI is InChI=1S/C26H19F6N3O5S/c1-4-13-5-7-15(10-16(13)33-3)39-17-8-6-14(9-18(17)40-26(30,31)32)21-12(2)20-22(37)34-24(38)35(23(20)41-21)11-19(36)25(27,28)29/h4-10,19,36H,1,3,11H2,2H3,(H,34,37,38)/t19-/m1/s1. The lowest BCUT2D eigenvalue weighted by atomic mass is 10.1. The largest absolute Gasteiger partial charge is 0.573 e. The number of H-pyrrole nitrogens is 1. The summed E-state index contributed by atoms with van der Waals surface area (Å²) < 4.78 is 89.3. The van der Waals surface area contributed by atoms with Crippen molar-refractivity contribution in [2.75, 3.05) is 0 Å². The van der Waals surface area contributed by atoms with Gasteiger partial charge in [0.15, 0.2) is 17.6 Å². The summed E-state index contributed by atoms with van der Waals surface area (Å²) in [6.45, 7) is 7.27. The minimum atomic E-state index is -5.13. The molecule has 2 heterocycles. The van der Waals surface area contributed by atoms with Gasteiger partial charge in [-0.2, -0.15) is 13.2 Å². The van der Waals surface area contributed by atoms with E-state index in [1.807, 2.05) is 4.98 Å². The highest BCUT2D eigenvalue weighted by molar-refractivity contribution is 7.22. The fraction of sp³-hybridized carbons (Fsp3) is 0.192. The van der Waals surface area contributed by atoms with Crippen LogP contribution in [0, 0.1) is 6.92 Å². The predicted octanol–water partition coefficient (Wildman–Crippen LogP) is 6.32. The van der Waals surface area contributed by atoms with Gasteiger partial charge in [-0.25, -0.2) is 4.79 Å². The molecule has 0 radical (unpaired) electrons. The van der Waals surface area contributed by atoms with E-state index < -0.39 is 42.2 Å². The van der Waals surface area contributed by atoms with Crippen LogP contribution in [0.1, 0.15) is 11.1 Å². The van der Waals surface area contributed by atoms with Crippen molar-refractivity contribution < 1.29 is 40.9 Å². The van der Waals surface area contributed by atoms with Crippen LogP contribution in [0.2, 0.25) is 0 Å². The van der Waals surface area contributed by atoms with E-state index in [2.05, 4.69) is 23.0 Å². The molecule has 0 aliphatic rings. The predicted molar refractivity (Wildman–Crippen MR) is 141 cm³/mol. The lowest BCUT2D eigenvalue weighted by Crippen LogP contribution is -2.38. The van der Waals surface area contributed by atoms with Crippen molar-refractivity contribution in [2.45, 2.75) is 32.1 Å². The number of fused-ring (bicyclic) bond motifs is 1. The number of alkyl halides is 6. The number of hydrogen-bond acceptors (Lipinski definition) is 7. The summed E-state index contributed by atoms with van der Waals surface area (Å²) in [6.07, 6.45) is -11.6. The molecule has 4 aromatic rings. The number of aliphatic imine (C=N–C) groups is 1. The van der Waals surface area contributed by atoms with Gasteiger partial charge in [-0.3, -0.25) is 19.3 Å². The van der Waals surface area contributed by atoms with Crippen LogP contribution < -0.4 is 20.7 Å². The Morgan fingerprint density at radius 1 is 1.12 bits per heavy atom. The minimum absolute atomic E-state index is 0.0838. The number of halogens is 6. The third-order valence-corrected chi connectivity index (χ3v) is 7.21. The number of aromatic amines is 1. The summed E-state index contributed by atoms with van der Waals surface area (Å²) >= 11 is 0.688. The number of aromatic nitrogens is 2. The van der Waals surface area contributed by atoms with E-state index in [9.17, 15) is 41.0 Å². The average Bonchev–Trinajstić information content (AvgIpc) is 3.23. The van der Waals surface area contributed by atoms with E-state index in [0.29, 0.717) is 27.2 Å². The van der Waals surface area contributed by atoms with Gasteiger partial charge in [0.25, 0.3) is 5.56 Å². The molecule has 0 fully saturated rings. The van der Waals surface area contributed by atoms with Gasteiger partial charge in [0.2, 0.25) is 0 Å². The number of nitrogens with zero attached hydrogens (tertiary/aromatic N) is 2. The van der Waals surface area contributed by atoms with Crippen LogP contribution >= 0.6 is 11.3 Å². The Morgan fingerprint density at radius 2 is 1.83 bits per heavy atom. The number of thiophene rings is 1. The molecule has 0 saturated carbocycles. The second kappa shape index (κ2) is 10.9. The Labute approximate surface area is 230 Å². The van der Waals surface area contributed by atoms with Gasteiger partial charge in [-0.05, 0) is 60.7 Å². The molecule has 2 aromatic heterocycles. The van der Waals surface area contributed by atoms with E-state index in [4.69, 9.17) is 4.74 Å². The molecule has 0 unspecified atom stereocenters. The summed E-state index contributed by atoms with van der Waals surface area (Å²) in [5.41, 5.74) is -0.884. The normalized spacial score (nSPS) is 12.8. The lowest BCUT2D eigenvalue weighted by Gasteiger charge is -2.16. The fourth-order valence-electron chi connectivity index (χ4n) is 3.95. The number of rotatable bonds is 8. The Balaban J connectivity index is 1.84. The van der Waals surface area contributed by atoms with Crippen molar-refractivity contribution in [3.05, 3.63) is 74.9 Å². The molecule has 0 spiro atoms. The highest BCUT2D eigenvalue weighted by atomic mass is 32.1. The topological polar surface area (TPSA) is 106 Å². The molecule has 2 N–H and O–H groups in total. The molecule has 15 heteroatoms. The summed E-state index contributed by atoms with van der Waals surface area (Å²) in [4.78, 5) is 30.6. The molecule has 41 heavy (non-hydrogen) atoms. The lowest BCUT2D eigenvalue weighted by molar-refractivity contribution is -0.275.